The number of aryl methyl sites for hydroxylation is 1. The number of methoxy groups -OCH3 is 1. The van der Waals surface area contributed by atoms with E-state index in [1.807, 2.05) is 6.92 Å². The summed E-state index contributed by atoms with van der Waals surface area (Å²) >= 11 is 0. The molecule has 0 radical (unpaired) electrons. The zero-order valence-electron chi connectivity index (χ0n) is 10.3. The van der Waals surface area contributed by atoms with Crippen molar-refractivity contribution < 1.29 is 9.26 Å². The third-order valence-corrected chi connectivity index (χ3v) is 2.45. The van der Waals surface area contributed by atoms with Crippen LogP contribution >= 0.6 is 0 Å². The highest BCUT2D eigenvalue weighted by Gasteiger charge is 2.07. The molecule has 0 amide bonds. The second-order valence-corrected chi connectivity index (χ2v) is 3.72. The molecule has 0 aromatic carbocycles. The Labute approximate surface area is 96.6 Å². The fraction of sp³-hybridized carbons (Fsp3) is 0.818. The Bertz CT molecular complexity index is 289. The van der Waals surface area contributed by atoms with Gasteiger partial charge in [0.1, 0.15) is 0 Å². The molecule has 0 saturated heterocycles. The van der Waals surface area contributed by atoms with E-state index < -0.39 is 0 Å². The summed E-state index contributed by atoms with van der Waals surface area (Å²) in [6.45, 7) is 5.73. The number of hydrogen-bond acceptors (Lipinski definition) is 5. The van der Waals surface area contributed by atoms with E-state index in [0.717, 1.165) is 38.2 Å². The smallest absolute Gasteiger partial charge is 0.226 e. The number of nitrogens with one attached hydrogen (secondary N) is 1. The zero-order valence-corrected chi connectivity index (χ0v) is 10.3. The van der Waals surface area contributed by atoms with E-state index >= 15 is 0 Å². The van der Waals surface area contributed by atoms with E-state index in [0.29, 0.717) is 11.9 Å². The van der Waals surface area contributed by atoms with Gasteiger partial charge in [-0.2, -0.15) is 4.98 Å². The monoisotopic (exact) mass is 227 g/mol. The molecule has 0 aliphatic rings. The SMILES string of the molecule is CCc1nc(CCNC(CC)COC)no1. The number of aromatic nitrogens is 2. The Balaban J connectivity index is 2.23. The van der Waals surface area contributed by atoms with Gasteiger partial charge in [-0.3, -0.25) is 0 Å². The molecule has 1 aromatic rings. The Morgan fingerprint density at radius 2 is 2.25 bits per heavy atom. The van der Waals surface area contributed by atoms with E-state index in [9.17, 15) is 0 Å². The molecule has 1 unspecified atom stereocenters. The number of nitrogens with zero attached hydrogens (tertiary/aromatic N) is 2. The molecule has 5 nitrogen and oxygen atoms in total. The summed E-state index contributed by atoms with van der Waals surface area (Å²) in [6.07, 6.45) is 2.64. The van der Waals surface area contributed by atoms with Crippen molar-refractivity contribution in [3.05, 3.63) is 11.7 Å². The van der Waals surface area contributed by atoms with Crippen LogP contribution in [0.15, 0.2) is 4.52 Å². The van der Waals surface area contributed by atoms with Gasteiger partial charge in [-0.05, 0) is 6.42 Å². The first-order valence-corrected chi connectivity index (χ1v) is 5.83. The van der Waals surface area contributed by atoms with Crippen LogP contribution in [0.1, 0.15) is 32.0 Å². The average Bonchev–Trinajstić information content (AvgIpc) is 2.76. The first-order chi connectivity index (χ1) is 7.80. The Morgan fingerprint density at radius 1 is 1.44 bits per heavy atom. The van der Waals surface area contributed by atoms with E-state index in [4.69, 9.17) is 9.26 Å². The third kappa shape index (κ3) is 4.28. The van der Waals surface area contributed by atoms with Gasteiger partial charge >= 0.3 is 0 Å². The van der Waals surface area contributed by atoms with Crippen molar-refractivity contribution in [2.24, 2.45) is 0 Å². The first kappa shape index (κ1) is 13.1. The van der Waals surface area contributed by atoms with Crippen molar-refractivity contribution in [1.29, 1.82) is 0 Å². The van der Waals surface area contributed by atoms with Gasteiger partial charge in [0.25, 0.3) is 0 Å². The molecule has 16 heavy (non-hydrogen) atoms. The van der Waals surface area contributed by atoms with Gasteiger partial charge in [0.2, 0.25) is 5.89 Å². The second kappa shape index (κ2) is 7.35. The lowest BCUT2D eigenvalue weighted by molar-refractivity contribution is 0.164. The minimum absolute atomic E-state index is 0.405. The summed E-state index contributed by atoms with van der Waals surface area (Å²) in [7, 11) is 1.72. The van der Waals surface area contributed by atoms with Crippen LogP contribution in [-0.2, 0) is 17.6 Å². The first-order valence-electron chi connectivity index (χ1n) is 5.83. The fourth-order valence-corrected chi connectivity index (χ4v) is 1.45. The van der Waals surface area contributed by atoms with Gasteiger partial charge in [0.05, 0.1) is 6.61 Å². The Kier molecular flexibility index (Phi) is 6.03. The second-order valence-electron chi connectivity index (χ2n) is 3.72. The molecule has 1 aromatic heterocycles. The van der Waals surface area contributed by atoms with E-state index in [1.165, 1.54) is 0 Å². The molecule has 1 N–H and O–H groups in total. The van der Waals surface area contributed by atoms with Crippen molar-refractivity contribution in [3.63, 3.8) is 0 Å². The molecular weight excluding hydrogens is 206 g/mol. The van der Waals surface area contributed by atoms with Crippen LogP contribution in [0.2, 0.25) is 0 Å². The van der Waals surface area contributed by atoms with Crippen LogP contribution in [0, 0.1) is 0 Å². The maximum absolute atomic E-state index is 5.11. The summed E-state index contributed by atoms with van der Waals surface area (Å²) in [6, 6.07) is 0.405. The Hall–Kier alpha value is -0.940. The van der Waals surface area contributed by atoms with Gasteiger partial charge in [-0.25, -0.2) is 0 Å². The quantitative estimate of drug-likeness (QED) is 0.723. The predicted octanol–water partition coefficient (Wildman–Crippen LogP) is 1.19. The topological polar surface area (TPSA) is 60.2 Å². The van der Waals surface area contributed by atoms with Crippen molar-refractivity contribution in [3.8, 4) is 0 Å². The molecule has 1 heterocycles. The lowest BCUT2D eigenvalue weighted by Crippen LogP contribution is -2.34. The molecule has 0 aliphatic carbocycles. The van der Waals surface area contributed by atoms with Crippen LogP contribution in [0.3, 0.4) is 0 Å². The molecule has 0 fully saturated rings. The van der Waals surface area contributed by atoms with Gasteiger partial charge in [0, 0.05) is 32.5 Å². The maximum Gasteiger partial charge on any atom is 0.226 e. The highest BCUT2D eigenvalue weighted by molar-refractivity contribution is 4.86. The Morgan fingerprint density at radius 3 is 2.81 bits per heavy atom. The number of rotatable bonds is 8. The van der Waals surface area contributed by atoms with E-state index in [1.54, 1.807) is 7.11 Å². The van der Waals surface area contributed by atoms with Gasteiger partial charge in [-0.15, -0.1) is 0 Å². The maximum atomic E-state index is 5.11. The summed E-state index contributed by atoms with van der Waals surface area (Å²) < 4.78 is 10.1. The highest BCUT2D eigenvalue weighted by Crippen LogP contribution is 1.98. The minimum Gasteiger partial charge on any atom is -0.383 e. The van der Waals surface area contributed by atoms with Gasteiger partial charge in [0.15, 0.2) is 5.82 Å². The molecule has 0 bridgehead atoms. The van der Waals surface area contributed by atoms with Gasteiger partial charge < -0.3 is 14.6 Å². The molecule has 1 rings (SSSR count). The molecule has 92 valence electrons. The van der Waals surface area contributed by atoms with Gasteiger partial charge in [-0.1, -0.05) is 19.0 Å². The minimum atomic E-state index is 0.405. The molecular formula is C11H21N3O2. The highest BCUT2D eigenvalue weighted by atomic mass is 16.5. The van der Waals surface area contributed by atoms with Crippen molar-refractivity contribution in [1.82, 2.24) is 15.5 Å². The van der Waals surface area contributed by atoms with E-state index in [-0.39, 0.29) is 0 Å². The molecule has 0 saturated carbocycles. The summed E-state index contributed by atoms with van der Waals surface area (Å²) in [4.78, 5) is 4.25. The normalized spacial score (nSPS) is 12.9. The van der Waals surface area contributed by atoms with E-state index in [2.05, 4.69) is 22.4 Å². The molecule has 1 atom stereocenters. The average molecular weight is 227 g/mol. The number of hydrogen-bond donors (Lipinski definition) is 1. The van der Waals surface area contributed by atoms with Crippen LogP contribution in [0.4, 0.5) is 0 Å². The lowest BCUT2D eigenvalue weighted by Gasteiger charge is -2.14. The lowest BCUT2D eigenvalue weighted by atomic mass is 10.2. The standard InChI is InChI=1S/C11H21N3O2/c1-4-9(8-15-3)12-7-6-10-13-11(5-2)16-14-10/h9,12H,4-8H2,1-3H3. The zero-order chi connectivity index (χ0) is 11.8. The van der Waals surface area contributed by atoms with Crippen molar-refractivity contribution >= 4 is 0 Å². The third-order valence-electron chi connectivity index (χ3n) is 2.45. The van der Waals surface area contributed by atoms with Crippen LogP contribution in [0.5, 0.6) is 0 Å². The summed E-state index contributed by atoms with van der Waals surface area (Å²) in [5, 5.41) is 7.30. The predicted molar refractivity (Wildman–Crippen MR) is 61.3 cm³/mol. The van der Waals surface area contributed by atoms with Crippen LogP contribution in [-0.4, -0.2) is 36.4 Å². The summed E-state index contributed by atoms with van der Waals surface area (Å²) in [5.74, 6) is 1.48. The molecule has 0 aliphatic heterocycles. The molecule has 0 spiro atoms. The van der Waals surface area contributed by atoms with Crippen molar-refractivity contribution in [2.45, 2.75) is 39.2 Å². The van der Waals surface area contributed by atoms with Crippen LogP contribution < -0.4 is 5.32 Å². The van der Waals surface area contributed by atoms with Crippen LogP contribution in [0.25, 0.3) is 0 Å². The van der Waals surface area contributed by atoms with Crippen molar-refractivity contribution in [2.75, 3.05) is 20.3 Å². The molecule has 5 heteroatoms. The fourth-order valence-electron chi connectivity index (χ4n) is 1.45. The largest absolute Gasteiger partial charge is 0.383 e. The summed E-state index contributed by atoms with van der Waals surface area (Å²) in [5.41, 5.74) is 0. The number of ether oxygens (including phenoxy) is 1.